The molecule has 0 unspecified atom stereocenters. The summed E-state index contributed by atoms with van der Waals surface area (Å²) in [6.45, 7) is 10.3. The van der Waals surface area contributed by atoms with Crippen molar-refractivity contribution in [2.75, 3.05) is 7.11 Å². The minimum atomic E-state index is -0.572. The van der Waals surface area contributed by atoms with Crippen LogP contribution in [0, 0.1) is 0 Å². The predicted molar refractivity (Wildman–Crippen MR) is 106 cm³/mol. The van der Waals surface area contributed by atoms with Crippen molar-refractivity contribution in [3.8, 4) is 11.5 Å². The van der Waals surface area contributed by atoms with Crippen molar-refractivity contribution in [1.82, 2.24) is 0 Å². The number of phenols is 1. The molecule has 2 aromatic carbocycles. The highest BCUT2D eigenvalue weighted by Crippen LogP contribution is 2.41. The number of phenolic OH excluding ortho intramolecular Hbond substituents is 1. The van der Waals surface area contributed by atoms with Gasteiger partial charge in [-0.2, -0.15) is 0 Å². The Morgan fingerprint density at radius 2 is 1.62 bits per heavy atom. The number of ether oxygens (including phenoxy) is 1. The molecule has 1 aliphatic heterocycles. The molecule has 5 heteroatoms. The lowest BCUT2D eigenvalue weighted by Crippen LogP contribution is -2.41. The minimum Gasteiger partial charge on any atom is -0.507 e. The Hall–Kier alpha value is -1.72. The van der Waals surface area contributed by atoms with Gasteiger partial charge in [0.1, 0.15) is 11.5 Å². The average Bonchev–Trinajstić information content (AvgIpc) is 2.81. The van der Waals surface area contributed by atoms with E-state index in [0.717, 1.165) is 46.8 Å². The molecule has 1 heterocycles. The second-order valence-electron chi connectivity index (χ2n) is 8.01. The van der Waals surface area contributed by atoms with Crippen molar-refractivity contribution in [2.45, 2.75) is 65.1 Å². The third-order valence-corrected chi connectivity index (χ3v) is 5.76. The quantitative estimate of drug-likeness (QED) is 0.816. The van der Waals surface area contributed by atoms with Gasteiger partial charge in [-0.3, -0.25) is 0 Å². The Labute approximate surface area is 156 Å². The van der Waals surface area contributed by atoms with Crippen LogP contribution in [-0.2, 0) is 15.7 Å². The van der Waals surface area contributed by atoms with Crippen LogP contribution in [0.4, 0.5) is 0 Å². The van der Waals surface area contributed by atoms with E-state index in [1.807, 2.05) is 52.0 Å². The fourth-order valence-corrected chi connectivity index (χ4v) is 3.50. The molecule has 0 atom stereocenters. The molecule has 2 aromatic rings. The lowest BCUT2D eigenvalue weighted by Gasteiger charge is -2.32. The summed E-state index contributed by atoms with van der Waals surface area (Å²) in [5.74, 6) is 1.03. The first kappa shape index (κ1) is 19.1. The number of fused-ring (bicyclic) bond motifs is 1. The van der Waals surface area contributed by atoms with E-state index in [1.165, 1.54) is 0 Å². The molecular formula is C21H29BO4. The zero-order chi connectivity index (χ0) is 19.1. The molecule has 1 fully saturated rings. The van der Waals surface area contributed by atoms with Crippen LogP contribution in [0.3, 0.4) is 0 Å². The highest BCUT2D eigenvalue weighted by atomic mass is 16.7. The van der Waals surface area contributed by atoms with Crippen molar-refractivity contribution in [3.05, 3.63) is 29.8 Å². The average molecular weight is 356 g/mol. The minimum absolute atomic E-state index is 0.305. The number of hydrogen-bond acceptors (Lipinski definition) is 4. The SMILES string of the molecule is CCCCc1c(B2OC(C)(C)C(C)(C)O2)c(OC)c2ccccc2c1O. The molecule has 0 aliphatic carbocycles. The molecule has 0 radical (unpaired) electrons. The zero-order valence-electron chi connectivity index (χ0n) is 16.7. The van der Waals surface area contributed by atoms with Gasteiger partial charge in [0.2, 0.25) is 0 Å². The number of unbranched alkanes of at least 4 members (excludes halogenated alkanes) is 1. The number of benzene rings is 2. The largest absolute Gasteiger partial charge is 0.507 e. The first-order valence-electron chi connectivity index (χ1n) is 9.39. The zero-order valence-corrected chi connectivity index (χ0v) is 16.7. The monoisotopic (exact) mass is 356 g/mol. The maximum absolute atomic E-state index is 11.0. The highest BCUT2D eigenvalue weighted by molar-refractivity contribution is 6.64. The van der Waals surface area contributed by atoms with Crippen molar-refractivity contribution in [1.29, 1.82) is 0 Å². The van der Waals surface area contributed by atoms with Crippen LogP contribution in [0.1, 0.15) is 53.0 Å². The lowest BCUT2D eigenvalue weighted by molar-refractivity contribution is 0.00578. The van der Waals surface area contributed by atoms with Gasteiger partial charge < -0.3 is 19.2 Å². The van der Waals surface area contributed by atoms with Gasteiger partial charge in [-0.05, 0) is 46.1 Å². The first-order valence-corrected chi connectivity index (χ1v) is 9.39. The van der Waals surface area contributed by atoms with E-state index in [4.69, 9.17) is 14.0 Å². The molecule has 0 bridgehead atoms. The molecule has 0 saturated carbocycles. The molecule has 0 aromatic heterocycles. The van der Waals surface area contributed by atoms with Gasteiger partial charge in [-0.1, -0.05) is 37.6 Å². The van der Waals surface area contributed by atoms with E-state index in [1.54, 1.807) is 7.11 Å². The maximum Gasteiger partial charge on any atom is 0.499 e. The third-order valence-electron chi connectivity index (χ3n) is 5.76. The van der Waals surface area contributed by atoms with E-state index in [0.29, 0.717) is 5.75 Å². The van der Waals surface area contributed by atoms with Crippen LogP contribution >= 0.6 is 0 Å². The predicted octanol–water partition coefficient (Wildman–Crippen LogP) is 4.20. The molecule has 0 amide bonds. The fourth-order valence-electron chi connectivity index (χ4n) is 3.50. The molecule has 4 nitrogen and oxygen atoms in total. The van der Waals surface area contributed by atoms with Gasteiger partial charge >= 0.3 is 7.12 Å². The van der Waals surface area contributed by atoms with Crippen LogP contribution < -0.4 is 10.2 Å². The standard InChI is InChI=1S/C21H29BO4/c1-7-8-11-16-17(22-25-20(2,3)21(4,5)26-22)19(24-6)15-13-10-9-12-14(15)18(16)23/h9-10,12-13,23H,7-8,11H2,1-6H3. The second kappa shape index (κ2) is 6.78. The summed E-state index contributed by atoms with van der Waals surface area (Å²) in [6.07, 6.45) is 2.77. The van der Waals surface area contributed by atoms with E-state index in [2.05, 4.69) is 6.92 Å². The normalized spacial score (nSPS) is 18.5. The topological polar surface area (TPSA) is 47.9 Å². The maximum atomic E-state index is 11.0. The van der Waals surface area contributed by atoms with Gasteiger partial charge in [0.15, 0.2) is 0 Å². The van der Waals surface area contributed by atoms with Gasteiger partial charge in [0, 0.05) is 16.2 Å². The van der Waals surface area contributed by atoms with Crippen LogP contribution in [0.15, 0.2) is 24.3 Å². The third kappa shape index (κ3) is 2.97. The Kier molecular flexibility index (Phi) is 4.97. The molecule has 140 valence electrons. The summed E-state index contributed by atoms with van der Waals surface area (Å²) in [5.41, 5.74) is 0.773. The van der Waals surface area contributed by atoms with Crippen LogP contribution in [0.2, 0.25) is 0 Å². The fraction of sp³-hybridized carbons (Fsp3) is 0.524. The van der Waals surface area contributed by atoms with Crippen molar-refractivity contribution >= 4 is 23.4 Å². The van der Waals surface area contributed by atoms with E-state index < -0.39 is 18.3 Å². The smallest absolute Gasteiger partial charge is 0.499 e. The number of methoxy groups -OCH3 is 1. The highest BCUT2D eigenvalue weighted by Gasteiger charge is 2.53. The molecule has 1 saturated heterocycles. The summed E-state index contributed by atoms with van der Waals surface area (Å²) in [7, 11) is 1.09. The number of aromatic hydroxyl groups is 1. The first-order chi connectivity index (χ1) is 12.2. The molecule has 0 spiro atoms. The Balaban J connectivity index is 2.25. The van der Waals surface area contributed by atoms with Crippen LogP contribution in [0.25, 0.3) is 10.8 Å². The molecule has 1 N–H and O–H groups in total. The molecule has 3 rings (SSSR count). The van der Waals surface area contributed by atoms with Crippen molar-refractivity contribution in [2.24, 2.45) is 0 Å². The summed E-state index contributed by atoms with van der Waals surface area (Å²) < 4.78 is 18.4. The summed E-state index contributed by atoms with van der Waals surface area (Å²) in [5, 5.41) is 12.7. The Bertz CT molecular complexity index is 797. The van der Waals surface area contributed by atoms with E-state index in [-0.39, 0.29) is 0 Å². The van der Waals surface area contributed by atoms with Crippen molar-refractivity contribution in [3.63, 3.8) is 0 Å². The molecular weight excluding hydrogens is 327 g/mol. The Morgan fingerprint density at radius 3 is 2.15 bits per heavy atom. The van der Waals surface area contributed by atoms with Gasteiger partial charge in [-0.25, -0.2) is 0 Å². The summed E-state index contributed by atoms with van der Waals surface area (Å²) in [6, 6.07) is 7.77. The lowest BCUT2D eigenvalue weighted by atomic mass is 9.72. The number of rotatable bonds is 5. The van der Waals surface area contributed by atoms with Crippen molar-refractivity contribution < 1.29 is 19.2 Å². The van der Waals surface area contributed by atoms with Gasteiger partial charge in [0.05, 0.1) is 18.3 Å². The second-order valence-corrected chi connectivity index (χ2v) is 8.01. The molecule has 1 aliphatic rings. The van der Waals surface area contributed by atoms with E-state index >= 15 is 0 Å². The number of hydrogen-bond donors (Lipinski definition) is 1. The Morgan fingerprint density at radius 1 is 1.04 bits per heavy atom. The van der Waals surface area contributed by atoms with Gasteiger partial charge in [-0.15, -0.1) is 0 Å². The summed E-state index contributed by atoms with van der Waals surface area (Å²) in [4.78, 5) is 0. The van der Waals surface area contributed by atoms with Crippen LogP contribution in [0.5, 0.6) is 11.5 Å². The van der Waals surface area contributed by atoms with E-state index in [9.17, 15) is 5.11 Å². The van der Waals surface area contributed by atoms with Crippen LogP contribution in [-0.4, -0.2) is 30.5 Å². The van der Waals surface area contributed by atoms with Gasteiger partial charge in [0.25, 0.3) is 0 Å². The molecule has 26 heavy (non-hydrogen) atoms. The summed E-state index contributed by atoms with van der Waals surface area (Å²) >= 11 is 0.